The van der Waals surface area contributed by atoms with E-state index in [0.717, 1.165) is 42.8 Å². The van der Waals surface area contributed by atoms with Gasteiger partial charge in [-0.15, -0.1) is 0 Å². The number of fused-ring (bicyclic) bond motifs is 2. The van der Waals surface area contributed by atoms with Crippen LogP contribution in [-0.4, -0.2) is 48.5 Å². The first-order valence-corrected chi connectivity index (χ1v) is 13.6. The molecule has 1 saturated heterocycles. The van der Waals surface area contributed by atoms with Gasteiger partial charge in [-0.3, -0.25) is 9.59 Å². The van der Waals surface area contributed by atoms with Crippen LogP contribution in [-0.2, 0) is 14.9 Å². The minimum Gasteiger partial charge on any atom is -0.469 e. The molecule has 0 radical (unpaired) electrons. The first-order valence-electron chi connectivity index (χ1n) is 13.3. The summed E-state index contributed by atoms with van der Waals surface area (Å²) in [4.78, 5) is 34.6. The molecule has 1 aromatic carbocycles. The summed E-state index contributed by atoms with van der Waals surface area (Å²) in [5.41, 5.74) is 2.49. The molecular weight excluding hydrogens is 493 g/mol. The largest absolute Gasteiger partial charge is 0.469 e. The quantitative estimate of drug-likeness (QED) is 0.423. The highest BCUT2D eigenvalue weighted by Gasteiger charge is 2.47. The van der Waals surface area contributed by atoms with Gasteiger partial charge in [0.1, 0.15) is 11.5 Å². The molecule has 3 heterocycles. The number of esters is 1. The molecule has 2 fully saturated rings. The summed E-state index contributed by atoms with van der Waals surface area (Å²) in [6.07, 6.45) is 4.77. The van der Waals surface area contributed by atoms with Gasteiger partial charge in [-0.25, -0.2) is 9.37 Å². The number of anilines is 2. The van der Waals surface area contributed by atoms with Crippen molar-refractivity contribution in [3.05, 3.63) is 52.6 Å². The van der Waals surface area contributed by atoms with Crippen LogP contribution in [0.5, 0.6) is 0 Å². The van der Waals surface area contributed by atoms with Crippen molar-refractivity contribution < 1.29 is 18.7 Å². The summed E-state index contributed by atoms with van der Waals surface area (Å²) < 4.78 is 19.2. The monoisotopic (exact) mass is 529 g/mol. The summed E-state index contributed by atoms with van der Waals surface area (Å²) in [5.74, 6) is -1.02. The van der Waals surface area contributed by atoms with Crippen LogP contribution >= 0.6 is 11.6 Å². The van der Waals surface area contributed by atoms with Crippen molar-refractivity contribution in [2.75, 3.05) is 31.6 Å². The van der Waals surface area contributed by atoms with Crippen molar-refractivity contribution in [2.24, 2.45) is 11.3 Å². The van der Waals surface area contributed by atoms with E-state index < -0.39 is 5.82 Å². The van der Waals surface area contributed by atoms with Crippen LogP contribution in [0, 0.1) is 17.2 Å². The summed E-state index contributed by atoms with van der Waals surface area (Å²) in [6, 6.07) is 8.59. The third-order valence-corrected chi connectivity index (χ3v) is 8.43. The van der Waals surface area contributed by atoms with Crippen LogP contribution in [0.2, 0.25) is 5.02 Å². The lowest BCUT2D eigenvalue weighted by molar-refractivity contribution is -0.152. The highest BCUT2D eigenvalue weighted by atomic mass is 35.5. The number of halogens is 2. The zero-order valence-corrected chi connectivity index (χ0v) is 23.2. The molecule has 3 aliphatic rings. The molecular formula is C29H37ClFN3O3. The summed E-state index contributed by atoms with van der Waals surface area (Å²) >= 11 is 5.92. The fraction of sp³-hybridized carbons (Fsp3) is 0.552. The fourth-order valence-corrected chi connectivity index (χ4v) is 6.36. The van der Waals surface area contributed by atoms with Crippen LogP contribution in [0.15, 0.2) is 30.3 Å². The Morgan fingerprint density at radius 1 is 1.11 bits per heavy atom. The Morgan fingerprint density at radius 2 is 1.81 bits per heavy atom. The molecule has 200 valence electrons. The van der Waals surface area contributed by atoms with E-state index in [1.807, 2.05) is 39.8 Å². The molecule has 1 unspecified atom stereocenters. The highest BCUT2D eigenvalue weighted by molar-refractivity contribution is 6.30. The van der Waals surface area contributed by atoms with Crippen molar-refractivity contribution >= 4 is 34.9 Å². The molecule has 2 aliphatic heterocycles. The molecule has 0 N–H and O–H groups in total. The smallest absolute Gasteiger partial charge is 0.309 e. The zero-order valence-electron chi connectivity index (χ0n) is 22.4. The number of carbonyl (C=O) groups is 2. The number of likely N-dealkylation sites (tertiary alicyclic amines) is 1. The molecule has 1 amide bonds. The summed E-state index contributed by atoms with van der Waals surface area (Å²) in [6.45, 7) is 9.67. The third kappa shape index (κ3) is 4.95. The lowest BCUT2D eigenvalue weighted by Crippen LogP contribution is -2.50. The predicted octanol–water partition coefficient (Wildman–Crippen LogP) is 6.53. The number of aromatic nitrogens is 1. The lowest BCUT2D eigenvalue weighted by atomic mass is 9.74. The number of hydrogen-bond acceptors (Lipinski definition) is 5. The van der Waals surface area contributed by atoms with E-state index in [-0.39, 0.29) is 33.6 Å². The fourth-order valence-electron chi connectivity index (χ4n) is 6.24. The van der Waals surface area contributed by atoms with E-state index in [2.05, 4.69) is 4.90 Å². The maximum atomic E-state index is 14.3. The lowest BCUT2D eigenvalue weighted by Gasteiger charge is -2.42. The van der Waals surface area contributed by atoms with E-state index in [1.54, 1.807) is 17.0 Å². The molecule has 6 nitrogen and oxygen atoms in total. The van der Waals surface area contributed by atoms with Crippen molar-refractivity contribution in [1.82, 2.24) is 9.88 Å². The van der Waals surface area contributed by atoms with Crippen LogP contribution in [0.3, 0.4) is 0 Å². The molecule has 2 aromatic rings. The van der Waals surface area contributed by atoms with Gasteiger partial charge >= 0.3 is 5.97 Å². The average molecular weight is 530 g/mol. The van der Waals surface area contributed by atoms with Gasteiger partial charge < -0.3 is 14.5 Å². The van der Waals surface area contributed by atoms with Gasteiger partial charge in [-0.1, -0.05) is 52.1 Å². The second-order valence-corrected chi connectivity index (χ2v) is 11.2. The molecule has 1 spiro atoms. The number of hydrogen-bond donors (Lipinski definition) is 0. The molecule has 1 saturated carbocycles. The van der Waals surface area contributed by atoms with Crippen LogP contribution in [0.4, 0.5) is 15.8 Å². The van der Waals surface area contributed by atoms with Gasteiger partial charge in [-0.2, -0.15) is 0 Å². The Balaban J connectivity index is 0.00000156. The Bertz CT molecular complexity index is 1180. The van der Waals surface area contributed by atoms with E-state index in [4.69, 9.17) is 21.3 Å². The van der Waals surface area contributed by atoms with E-state index >= 15 is 0 Å². The van der Waals surface area contributed by atoms with Gasteiger partial charge in [0.05, 0.1) is 29.4 Å². The van der Waals surface area contributed by atoms with E-state index in [9.17, 15) is 14.0 Å². The molecule has 1 aromatic heterocycles. The highest BCUT2D eigenvalue weighted by Crippen LogP contribution is 2.52. The molecule has 1 atom stereocenters. The number of benzene rings is 1. The molecule has 0 bridgehead atoms. The number of methoxy groups -OCH3 is 1. The van der Waals surface area contributed by atoms with Crippen molar-refractivity contribution in [3.63, 3.8) is 0 Å². The van der Waals surface area contributed by atoms with Crippen LogP contribution in [0.25, 0.3) is 0 Å². The van der Waals surface area contributed by atoms with Crippen LogP contribution < -0.4 is 4.90 Å². The minimum atomic E-state index is -0.448. The number of pyridine rings is 1. The Hall–Kier alpha value is -2.67. The maximum Gasteiger partial charge on any atom is 0.309 e. The second-order valence-electron chi connectivity index (χ2n) is 10.8. The summed E-state index contributed by atoms with van der Waals surface area (Å²) in [5, 5.41) is 0.0988. The number of rotatable bonds is 3. The number of nitrogens with zero attached hydrogens (tertiary/aromatic N) is 3. The Kier molecular flexibility index (Phi) is 7.84. The molecule has 5 rings (SSSR count). The molecule has 1 aliphatic carbocycles. The number of ether oxygens (including phenoxy) is 1. The first kappa shape index (κ1) is 27.4. The summed E-state index contributed by atoms with van der Waals surface area (Å²) in [7, 11) is 1.41. The number of piperidine rings is 1. The van der Waals surface area contributed by atoms with Gasteiger partial charge in [0, 0.05) is 30.7 Å². The topological polar surface area (TPSA) is 62.7 Å². The van der Waals surface area contributed by atoms with Gasteiger partial charge in [0.25, 0.3) is 5.91 Å². The zero-order chi connectivity index (χ0) is 27.0. The predicted molar refractivity (Wildman–Crippen MR) is 144 cm³/mol. The van der Waals surface area contributed by atoms with Gasteiger partial charge in [0.15, 0.2) is 0 Å². The van der Waals surface area contributed by atoms with Crippen molar-refractivity contribution in [1.29, 1.82) is 0 Å². The third-order valence-electron chi connectivity index (χ3n) is 8.12. The van der Waals surface area contributed by atoms with Gasteiger partial charge in [-0.05, 0) is 55.0 Å². The first-order chi connectivity index (χ1) is 17.6. The standard InChI is InChI=1S/C27H31ClFN3O3.C2H6/c1-26(2)15-31(13-10-18(26)25(34)35-3)24(33)21-8-9-22-23(30-21)27(11-4-5-12-27)16-32(22)17-6-7-19(28)20(29)14-17;1-2/h6-9,14,18H,4-5,10-13,15-16H2,1-3H3;1-2H3. The normalized spacial score (nSPS) is 21.3. The van der Waals surface area contributed by atoms with Crippen molar-refractivity contribution in [2.45, 2.75) is 65.2 Å². The molecule has 37 heavy (non-hydrogen) atoms. The number of amides is 1. The number of carbonyl (C=O) groups excluding carboxylic acids is 2. The second kappa shape index (κ2) is 10.6. The van der Waals surface area contributed by atoms with E-state index in [0.29, 0.717) is 31.7 Å². The Labute approximate surface area is 224 Å². The maximum absolute atomic E-state index is 14.3. The average Bonchev–Trinajstić information content (AvgIpc) is 3.50. The molecule has 8 heteroatoms. The van der Waals surface area contributed by atoms with Crippen molar-refractivity contribution in [3.8, 4) is 0 Å². The van der Waals surface area contributed by atoms with Gasteiger partial charge in [0.2, 0.25) is 0 Å². The van der Waals surface area contributed by atoms with E-state index in [1.165, 1.54) is 13.2 Å². The minimum absolute atomic E-state index is 0.0988. The Morgan fingerprint density at radius 3 is 2.43 bits per heavy atom. The SMILES string of the molecule is CC.COC(=O)C1CCN(C(=O)c2ccc3c(n2)C2(CCCC2)CN3c2ccc(Cl)c(F)c2)CC1(C)C. The van der Waals surface area contributed by atoms with Crippen LogP contribution in [0.1, 0.15) is 76.0 Å².